The molecule has 1 aliphatic rings. The lowest BCUT2D eigenvalue weighted by atomic mass is 9.93. The Kier molecular flexibility index (Phi) is 5.39. The van der Waals surface area contributed by atoms with Gasteiger partial charge in [-0.25, -0.2) is 0 Å². The summed E-state index contributed by atoms with van der Waals surface area (Å²) >= 11 is 5.65. The molecule has 3 aromatic rings. The van der Waals surface area contributed by atoms with Gasteiger partial charge >= 0.3 is 0 Å². The van der Waals surface area contributed by atoms with Gasteiger partial charge in [-0.05, 0) is 62.8 Å². The molecular formula is C23H26N4OS. The van der Waals surface area contributed by atoms with Crippen LogP contribution in [0.15, 0.2) is 54.7 Å². The van der Waals surface area contributed by atoms with Gasteiger partial charge < -0.3 is 19.9 Å². The van der Waals surface area contributed by atoms with Gasteiger partial charge in [0.05, 0.1) is 24.4 Å². The molecule has 0 spiro atoms. The van der Waals surface area contributed by atoms with Gasteiger partial charge in [-0.1, -0.05) is 24.3 Å². The van der Waals surface area contributed by atoms with Gasteiger partial charge in [0.15, 0.2) is 5.11 Å². The van der Waals surface area contributed by atoms with Gasteiger partial charge in [-0.15, -0.1) is 0 Å². The SMILES string of the molecule is Cc1c([C@@H]2[C@@H](c3ccccn3)NC(=S)N2CCO)c(C)n(-c2ccccc2)c1C. The van der Waals surface area contributed by atoms with Crippen LogP contribution in [0.25, 0.3) is 5.69 Å². The molecule has 5 nitrogen and oxygen atoms in total. The summed E-state index contributed by atoms with van der Waals surface area (Å²) in [6.45, 7) is 7.02. The van der Waals surface area contributed by atoms with E-state index in [1.165, 1.54) is 22.5 Å². The van der Waals surface area contributed by atoms with E-state index in [2.05, 4.69) is 64.8 Å². The lowest BCUT2D eigenvalue weighted by Gasteiger charge is -2.28. The van der Waals surface area contributed by atoms with Crippen molar-refractivity contribution in [2.75, 3.05) is 13.2 Å². The summed E-state index contributed by atoms with van der Waals surface area (Å²) in [7, 11) is 0. The van der Waals surface area contributed by atoms with Crippen LogP contribution < -0.4 is 5.32 Å². The van der Waals surface area contributed by atoms with E-state index in [0.29, 0.717) is 11.7 Å². The van der Waals surface area contributed by atoms with Crippen LogP contribution in [0.4, 0.5) is 0 Å². The van der Waals surface area contributed by atoms with Crippen molar-refractivity contribution in [2.45, 2.75) is 32.9 Å². The molecule has 0 amide bonds. The summed E-state index contributed by atoms with van der Waals surface area (Å²) in [4.78, 5) is 6.69. The number of aliphatic hydroxyl groups excluding tert-OH is 1. The topological polar surface area (TPSA) is 53.3 Å². The number of para-hydroxylation sites is 1. The number of rotatable bonds is 5. The number of pyridine rings is 1. The van der Waals surface area contributed by atoms with E-state index in [-0.39, 0.29) is 18.7 Å². The van der Waals surface area contributed by atoms with Crippen molar-refractivity contribution in [1.82, 2.24) is 19.8 Å². The zero-order valence-corrected chi connectivity index (χ0v) is 17.8. The summed E-state index contributed by atoms with van der Waals surface area (Å²) in [6, 6.07) is 16.3. The van der Waals surface area contributed by atoms with E-state index in [9.17, 15) is 5.11 Å². The third-order valence-corrected chi connectivity index (χ3v) is 6.21. The smallest absolute Gasteiger partial charge is 0.170 e. The van der Waals surface area contributed by atoms with Crippen LogP contribution in [0, 0.1) is 20.8 Å². The Morgan fingerprint density at radius 3 is 2.41 bits per heavy atom. The van der Waals surface area contributed by atoms with Gasteiger partial charge in [0.1, 0.15) is 0 Å². The molecule has 1 fully saturated rings. The second kappa shape index (κ2) is 7.97. The highest BCUT2D eigenvalue weighted by Crippen LogP contribution is 2.43. The largest absolute Gasteiger partial charge is 0.395 e. The van der Waals surface area contributed by atoms with E-state index < -0.39 is 0 Å². The molecule has 0 unspecified atom stereocenters. The van der Waals surface area contributed by atoms with Crippen molar-refractivity contribution >= 4 is 17.3 Å². The van der Waals surface area contributed by atoms with Crippen molar-refractivity contribution in [1.29, 1.82) is 0 Å². The van der Waals surface area contributed by atoms with E-state index in [1.54, 1.807) is 0 Å². The molecule has 0 saturated carbocycles. The minimum absolute atomic E-state index is 0.0341. The Hall–Kier alpha value is -2.70. The first kappa shape index (κ1) is 19.6. The zero-order valence-electron chi connectivity index (χ0n) is 17.0. The normalized spacial score (nSPS) is 18.9. The van der Waals surface area contributed by atoms with Gasteiger partial charge in [-0.3, -0.25) is 4.98 Å². The minimum atomic E-state index is -0.0707. The molecule has 150 valence electrons. The Morgan fingerprint density at radius 1 is 1.03 bits per heavy atom. The third kappa shape index (κ3) is 3.32. The van der Waals surface area contributed by atoms with Crippen LogP contribution in [0.3, 0.4) is 0 Å². The van der Waals surface area contributed by atoms with Gasteiger partial charge in [0, 0.05) is 35.4 Å². The molecule has 1 saturated heterocycles. The summed E-state index contributed by atoms with van der Waals surface area (Å²) in [5.74, 6) is 0. The molecule has 2 N–H and O–H groups in total. The maximum atomic E-state index is 9.69. The highest BCUT2D eigenvalue weighted by Gasteiger charge is 2.42. The number of hydrogen-bond donors (Lipinski definition) is 2. The molecule has 2 atom stereocenters. The Labute approximate surface area is 177 Å². The molecule has 1 aliphatic heterocycles. The predicted octanol–water partition coefficient (Wildman–Crippen LogP) is 3.76. The molecule has 3 heterocycles. The quantitative estimate of drug-likeness (QED) is 0.632. The van der Waals surface area contributed by atoms with Gasteiger partial charge in [0.25, 0.3) is 0 Å². The molecule has 0 radical (unpaired) electrons. The highest BCUT2D eigenvalue weighted by atomic mass is 32.1. The lowest BCUT2D eigenvalue weighted by molar-refractivity contribution is 0.222. The maximum absolute atomic E-state index is 9.69. The van der Waals surface area contributed by atoms with Crippen molar-refractivity contribution in [3.63, 3.8) is 0 Å². The van der Waals surface area contributed by atoms with E-state index in [4.69, 9.17) is 12.2 Å². The lowest BCUT2D eigenvalue weighted by Crippen LogP contribution is -2.32. The standard InChI is InChI=1S/C23H26N4OS/c1-15-16(2)27(18-9-5-4-6-10-18)17(3)20(15)22-21(19-11-7-8-12-24-19)25-23(29)26(22)13-14-28/h4-12,21-22,28H,13-14H2,1-3H3,(H,25,29)/t21-,22-/m1/s1. The number of nitrogens with zero attached hydrogens (tertiary/aromatic N) is 3. The maximum Gasteiger partial charge on any atom is 0.170 e. The Morgan fingerprint density at radius 2 is 1.76 bits per heavy atom. The van der Waals surface area contributed by atoms with Gasteiger partial charge in [-0.2, -0.15) is 0 Å². The number of nitrogens with one attached hydrogen (secondary N) is 1. The first-order valence-electron chi connectivity index (χ1n) is 9.87. The number of benzene rings is 1. The first-order chi connectivity index (χ1) is 14.0. The Balaban J connectivity index is 1.89. The molecule has 0 aliphatic carbocycles. The minimum Gasteiger partial charge on any atom is -0.395 e. The number of hydrogen-bond acceptors (Lipinski definition) is 3. The highest BCUT2D eigenvalue weighted by molar-refractivity contribution is 7.80. The average Bonchev–Trinajstić information content (AvgIpc) is 3.17. The molecule has 6 heteroatoms. The molecule has 0 bridgehead atoms. The summed E-state index contributed by atoms with van der Waals surface area (Å²) in [5.41, 5.74) is 6.98. The fourth-order valence-corrected chi connectivity index (χ4v) is 4.81. The number of thiocarbonyl (C=S) groups is 1. The predicted molar refractivity (Wildman–Crippen MR) is 119 cm³/mol. The monoisotopic (exact) mass is 406 g/mol. The second-order valence-corrected chi connectivity index (χ2v) is 7.81. The Bertz CT molecular complexity index is 1020. The van der Waals surface area contributed by atoms with Crippen molar-refractivity contribution in [3.8, 4) is 5.69 Å². The fourth-order valence-electron chi connectivity index (χ4n) is 4.47. The van der Waals surface area contributed by atoms with Crippen molar-refractivity contribution in [2.24, 2.45) is 0 Å². The fraction of sp³-hybridized carbons (Fsp3) is 0.304. The molecule has 4 rings (SSSR count). The van der Waals surface area contributed by atoms with Crippen LogP contribution in [-0.4, -0.2) is 37.8 Å². The van der Waals surface area contributed by atoms with Crippen molar-refractivity contribution < 1.29 is 5.11 Å². The number of aliphatic hydroxyl groups is 1. The molecule has 29 heavy (non-hydrogen) atoms. The third-order valence-electron chi connectivity index (χ3n) is 5.86. The van der Waals surface area contributed by atoms with Gasteiger partial charge in [0.2, 0.25) is 0 Å². The van der Waals surface area contributed by atoms with Crippen LogP contribution in [0.2, 0.25) is 0 Å². The van der Waals surface area contributed by atoms with Crippen LogP contribution in [-0.2, 0) is 0 Å². The summed E-state index contributed by atoms with van der Waals surface area (Å²) in [6.07, 6.45) is 1.81. The molecule has 1 aromatic carbocycles. The van der Waals surface area contributed by atoms with E-state index in [0.717, 1.165) is 11.4 Å². The number of aromatic nitrogens is 2. The average molecular weight is 407 g/mol. The van der Waals surface area contributed by atoms with Crippen LogP contribution in [0.1, 0.15) is 40.3 Å². The first-order valence-corrected chi connectivity index (χ1v) is 10.3. The van der Waals surface area contributed by atoms with Crippen molar-refractivity contribution in [3.05, 3.63) is 82.9 Å². The van der Waals surface area contributed by atoms with Crippen LogP contribution >= 0.6 is 12.2 Å². The van der Waals surface area contributed by atoms with Crippen LogP contribution in [0.5, 0.6) is 0 Å². The second-order valence-electron chi connectivity index (χ2n) is 7.42. The van der Waals surface area contributed by atoms with E-state index in [1.807, 2.05) is 30.5 Å². The summed E-state index contributed by atoms with van der Waals surface area (Å²) in [5, 5.41) is 13.8. The number of β-amino-alcohol motifs (C(OH)–C–C–N with tert-alkyl or cyclic N) is 1. The summed E-state index contributed by atoms with van der Waals surface area (Å²) < 4.78 is 2.30. The van der Waals surface area contributed by atoms with E-state index >= 15 is 0 Å². The molecular weight excluding hydrogens is 380 g/mol. The molecule has 2 aromatic heterocycles. The zero-order chi connectivity index (χ0) is 20.5.